The Balaban J connectivity index is 2.95. The minimum Gasteiger partial charge on any atom is -0.478 e. The number of rotatable bonds is 7. The number of halogens is 3. The van der Waals surface area contributed by atoms with Gasteiger partial charge in [0.2, 0.25) is 5.88 Å². The first-order valence-corrected chi connectivity index (χ1v) is 6.76. The normalized spacial score (nSPS) is 10.8. The van der Waals surface area contributed by atoms with Gasteiger partial charge in [0, 0.05) is 17.9 Å². The number of alkyl halides is 3. The van der Waals surface area contributed by atoms with Crippen LogP contribution in [0, 0.1) is 6.92 Å². The first kappa shape index (κ1) is 15.1. The Morgan fingerprint density at radius 1 is 1.44 bits per heavy atom. The molecule has 1 heterocycles. The number of aromatic nitrogens is 2. The van der Waals surface area contributed by atoms with Crippen molar-refractivity contribution in [1.82, 2.24) is 9.97 Å². The van der Waals surface area contributed by atoms with Gasteiger partial charge in [-0.25, -0.2) is 13.8 Å². The first-order chi connectivity index (χ1) is 8.56. The van der Waals surface area contributed by atoms with Crippen molar-refractivity contribution in [2.75, 3.05) is 29.9 Å². The van der Waals surface area contributed by atoms with Crippen LogP contribution in [0.3, 0.4) is 0 Å². The van der Waals surface area contributed by atoms with Gasteiger partial charge in [-0.3, -0.25) is 0 Å². The Labute approximate surface area is 113 Å². The van der Waals surface area contributed by atoms with Crippen LogP contribution in [0.2, 0.25) is 0 Å². The summed E-state index contributed by atoms with van der Waals surface area (Å²) in [4.78, 5) is 9.77. The van der Waals surface area contributed by atoms with Crippen LogP contribution in [0.4, 0.5) is 14.6 Å². The summed E-state index contributed by atoms with van der Waals surface area (Å²) in [5, 5.41) is 0.590. The lowest BCUT2D eigenvalue weighted by Crippen LogP contribution is -2.31. The molecule has 7 heteroatoms. The smallest absolute Gasteiger partial charge is 0.255 e. The zero-order valence-corrected chi connectivity index (χ0v) is 12.0. The molecule has 0 amide bonds. The molecule has 0 atom stereocenters. The highest BCUT2D eigenvalue weighted by Gasteiger charge is 2.15. The van der Waals surface area contributed by atoms with E-state index in [1.807, 2.05) is 6.92 Å². The van der Waals surface area contributed by atoms with Crippen molar-refractivity contribution in [3.05, 3.63) is 11.9 Å². The molecule has 0 bridgehead atoms. The van der Waals surface area contributed by atoms with Crippen LogP contribution in [0.5, 0.6) is 5.88 Å². The summed E-state index contributed by atoms with van der Waals surface area (Å²) in [6.07, 6.45) is -2.41. The van der Waals surface area contributed by atoms with E-state index in [4.69, 9.17) is 4.74 Å². The molecule has 0 aromatic carbocycles. The van der Waals surface area contributed by atoms with Crippen LogP contribution in [-0.4, -0.2) is 41.4 Å². The number of ether oxygens (including phenoxy) is 1. The van der Waals surface area contributed by atoms with Gasteiger partial charge in [0.25, 0.3) is 6.43 Å². The van der Waals surface area contributed by atoms with E-state index in [0.29, 0.717) is 36.0 Å². The summed E-state index contributed by atoms with van der Waals surface area (Å²) in [6.45, 7) is 4.12. The molecular weight excluding hydrogens is 308 g/mol. The zero-order valence-electron chi connectivity index (χ0n) is 10.4. The van der Waals surface area contributed by atoms with Crippen LogP contribution in [-0.2, 0) is 0 Å². The third-order valence-corrected chi connectivity index (χ3v) is 2.48. The van der Waals surface area contributed by atoms with Gasteiger partial charge in [0.15, 0.2) is 0 Å². The number of nitrogens with zero attached hydrogens (tertiary/aromatic N) is 3. The SMILES string of the molecule is CCOc1cc(N(CCBr)CC(F)F)nc(C)n1. The molecule has 0 aliphatic carbocycles. The fraction of sp³-hybridized carbons (Fsp3) is 0.636. The van der Waals surface area contributed by atoms with E-state index in [1.165, 1.54) is 4.90 Å². The highest BCUT2D eigenvalue weighted by Crippen LogP contribution is 2.18. The predicted octanol–water partition coefficient (Wildman–Crippen LogP) is 2.65. The van der Waals surface area contributed by atoms with Crippen molar-refractivity contribution in [1.29, 1.82) is 0 Å². The molecule has 1 rings (SSSR count). The summed E-state index contributed by atoms with van der Waals surface area (Å²) in [6, 6.07) is 1.58. The quantitative estimate of drug-likeness (QED) is 0.723. The summed E-state index contributed by atoms with van der Waals surface area (Å²) in [5.74, 6) is 1.38. The average molecular weight is 324 g/mol. The van der Waals surface area contributed by atoms with Gasteiger partial charge in [-0.1, -0.05) is 15.9 Å². The van der Waals surface area contributed by atoms with Gasteiger partial charge in [-0.15, -0.1) is 0 Å². The Kier molecular flexibility index (Phi) is 6.24. The van der Waals surface area contributed by atoms with E-state index in [-0.39, 0.29) is 6.54 Å². The van der Waals surface area contributed by atoms with Crippen molar-refractivity contribution >= 4 is 21.7 Å². The fourth-order valence-electron chi connectivity index (χ4n) is 1.48. The molecule has 4 nitrogen and oxygen atoms in total. The summed E-state index contributed by atoms with van der Waals surface area (Å²) < 4.78 is 30.3. The molecular formula is C11H16BrF2N3O. The van der Waals surface area contributed by atoms with Crippen LogP contribution < -0.4 is 9.64 Å². The van der Waals surface area contributed by atoms with Gasteiger partial charge < -0.3 is 9.64 Å². The van der Waals surface area contributed by atoms with Gasteiger partial charge in [0.1, 0.15) is 11.6 Å². The standard InChI is InChI=1S/C11H16BrF2N3O/c1-3-18-11-6-10(15-8(2)16-11)17(5-4-12)7-9(13)14/h6,9H,3-5,7H2,1-2H3. The Hall–Kier alpha value is -0.980. The van der Waals surface area contributed by atoms with Gasteiger partial charge >= 0.3 is 0 Å². The third-order valence-electron chi connectivity index (χ3n) is 2.13. The second-order valence-electron chi connectivity index (χ2n) is 3.57. The van der Waals surface area contributed by atoms with Crippen molar-refractivity contribution in [3.8, 4) is 5.88 Å². The summed E-state index contributed by atoms with van der Waals surface area (Å²) in [5.41, 5.74) is 0. The number of hydrogen-bond donors (Lipinski definition) is 0. The topological polar surface area (TPSA) is 38.2 Å². The maximum absolute atomic E-state index is 12.5. The molecule has 0 aliphatic rings. The van der Waals surface area contributed by atoms with Gasteiger partial charge in [0.05, 0.1) is 13.2 Å². The molecule has 0 unspecified atom stereocenters. The van der Waals surface area contributed by atoms with E-state index >= 15 is 0 Å². The average Bonchev–Trinajstić information content (AvgIpc) is 2.27. The number of anilines is 1. The molecule has 0 spiro atoms. The maximum Gasteiger partial charge on any atom is 0.255 e. The van der Waals surface area contributed by atoms with E-state index in [1.54, 1.807) is 13.0 Å². The van der Waals surface area contributed by atoms with Crippen molar-refractivity contribution in [2.24, 2.45) is 0 Å². The first-order valence-electron chi connectivity index (χ1n) is 5.64. The lowest BCUT2D eigenvalue weighted by Gasteiger charge is -2.22. The monoisotopic (exact) mass is 323 g/mol. The molecule has 0 fully saturated rings. The summed E-state index contributed by atoms with van der Waals surface area (Å²) >= 11 is 3.24. The molecule has 1 aromatic heterocycles. The lowest BCUT2D eigenvalue weighted by molar-refractivity contribution is 0.155. The molecule has 0 radical (unpaired) electrons. The molecule has 0 saturated carbocycles. The largest absolute Gasteiger partial charge is 0.478 e. The second-order valence-corrected chi connectivity index (χ2v) is 4.36. The molecule has 1 aromatic rings. The van der Waals surface area contributed by atoms with E-state index in [2.05, 4.69) is 25.9 Å². The number of aryl methyl sites for hydroxylation is 1. The molecule has 102 valence electrons. The highest BCUT2D eigenvalue weighted by atomic mass is 79.9. The second kappa shape index (κ2) is 7.45. The van der Waals surface area contributed by atoms with Crippen LogP contribution in [0.15, 0.2) is 6.07 Å². The minimum atomic E-state index is -2.41. The Morgan fingerprint density at radius 2 is 2.17 bits per heavy atom. The number of hydrogen-bond acceptors (Lipinski definition) is 4. The Bertz CT molecular complexity index is 379. The van der Waals surface area contributed by atoms with Crippen LogP contribution >= 0.6 is 15.9 Å². The van der Waals surface area contributed by atoms with Crippen molar-refractivity contribution in [3.63, 3.8) is 0 Å². The highest BCUT2D eigenvalue weighted by molar-refractivity contribution is 9.09. The van der Waals surface area contributed by atoms with Gasteiger partial charge in [-0.05, 0) is 13.8 Å². The van der Waals surface area contributed by atoms with E-state index < -0.39 is 6.43 Å². The molecule has 0 N–H and O–H groups in total. The predicted molar refractivity (Wildman–Crippen MR) is 69.9 cm³/mol. The molecule has 0 aliphatic heterocycles. The molecule has 0 saturated heterocycles. The lowest BCUT2D eigenvalue weighted by atomic mass is 10.4. The van der Waals surface area contributed by atoms with E-state index in [0.717, 1.165) is 0 Å². The van der Waals surface area contributed by atoms with Crippen LogP contribution in [0.25, 0.3) is 0 Å². The van der Waals surface area contributed by atoms with Crippen molar-refractivity contribution < 1.29 is 13.5 Å². The van der Waals surface area contributed by atoms with Crippen LogP contribution in [0.1, 0.15) is 12.7 Å². The van der Waals surface area contributed by atoms with E-state index in [9.17, 15) is 8.78 Å². The zero-order chi connectivity index (χ0) is 13.5. The maximum atomic E-state index is 12.5. The Morgan fingerprint density at radius 3 is 2.72 bits per heavy atom. The fourth-order valence-corrected chi connectivity index (χ4v) is 1.91. The minimum absolute atomic E-state index is 0.354. The molecule has 18 heavy (non-hydrogen) atoms. The summed E-state index contributed by atoms with van der Waals surface area (Å²) in [7, 11) is 0. The third kappa shape index (κ3) is 4.72. The van der Waals surface area contributed by atoms with Crippen molar-refractivity contribution in [2.45, 2.75) is 20.3 Å². The van der Waals surface area contributed by atoms with Gasteiger partial charge in [-0.2, -0.15) is 4.98 Å².